The summed E-state index contributed by atoms with van der Waals surface area (Å²) in [5.41, 5.74) is 3.04. The van der Waals surface area contributed by atoms with Crippen molar-refractivity contribution in [3.8, 4) is 0 Å². The van der Waals surface area contributed by atoms with Crippen LogP contribution in [0, 0.1) is 45.8 Å². The molecule has 0 aromatic rings. The van der Waals surface area contributed by atoms with Gasteiger partial charge in [-0.2, -0.15) is 0 Å². The van der Waals surface area contributed by atoms with Crippen molar-refractivity contribution in [2.24, 2.45) is 45.8 Å². The molecular formula is C28H48O. The molecule has 1 heteroatoms. The third-order valence-electron chi connectivity index (χ3n) is 10.6. The lowest BCUT2D eigenvalue weighted by atomic mass is 9.46. The highest BCUT2D eigenvalue weighted by atomic mass is 16.3. The molecule has 3 saturated carbocycles. The summed E-state index contributed by atoms with van der Waals surface area (Å²) in [5, 5.41) is 10.2. The molecular weight excluding hydrogens is 352 g/mol. The van der Waals surface area contributed by atoms with Crippen LogP contribution in [-0.2, 0) is 0 Å². The first-order chi connectivity index (χ1) is 13.6. The Morgan fingerprint density at radius 3 is 2.55 bits per heavy atom. The number of aliphatic hydroxyl groups is 1. The first kappa shape index (κ1) is 21.9. The van der Waals surface area contributed by atoms with Crippen molar-refractivity contribution in [3.63, 3.8) is 0 Å². The van der Waals surface area contributed by atoms with Crippen LogP contribution in [0.4, 0.5) is 0 Å². The van der Waals surface area contributed by atoms with Gasteiger partial charge in [-0.3, -0.25) is 0 Å². The summed E-state index contributed by atoms with van der Waals surface area (Å²) in [4.78, 5) is 0. The molecule has 0 heterocycles. The van der Waals surface area contributed by atoms with E-state index in [0.717, 1.165) is 42.4 Å². The zero-order valence-electron chi connectivity index (χ0n) is 20.3. The molecule has 3 fully saturated rings. The van der Waals surface area contributed by atoms with Crippen LogP contribution in [0.5, 0.6) is 0 Å². The lowest BCUT2D eigenvalue weighted by molar-refractivity contribution is -0.0695. The van der Waals surface area contributed by atoms with Gasteiger partial charge in [0.15, 0.2) is 0 Å². The van der Waals surface area contributed by atoms with Gasteiger partial charge in [0.2, 0.25) is 0 Å². The van der Waals surface area contributed by atoms with E-state index in [1.54, 1.807) is 5.57 Å². The monoisotopic (exact) mass is 400 g/mol. The average Bonchev–Trinajstić information content (AvgIpc) is 3.00. The number of aliphatic hydroxyl groups excluding tert-OH is 1. The van der Waals surface area contributed by atoms with E-state index in [-0.39, 0.29) is 6.10 Å². The molecule has 1 N–H and O–H groups in total. The molecule has 0 aromatic heterocycles. The topological polar surface area (TPSA) is 20.2 Å². The summed E-state index contributed by atoms with van der Waals surface area (Å²) in [6, 6.07) is 0. The molecule has 0 aliphatic heterocycles. The first-order valence-electron chi connectivity index (χ1n) is 13.0. The molecule has 0 aromatic carbocycles. The Morgan fingerprint density at radius 1 is 1.07 bits per heavy atom. The van der Waals surface area contributed by atoms with E-state index in [2.05, 4.69) is 47.6 Å². The van der Waals surface area contributed by atoms with Gasteiger partial charge in [0.1, 0.15) is 0 Å². The summed E-state index contributed by atoms with van der Waals surface area (Å²) in [6.07, 6.45) is 17.0. The number of rotatable bonds is 5. The molecule has 4 aliphatic rings. The van der Waals surface area contributed by atoms with E-state index in [1.165, 1.54) is 57.8 Å². The largest absolute Gasteiger partial charge is 0.393 e. The fourth-order valence-corrected chi connectivity index (χ4v) is 9.07. The molecule has 7 atom stereocenters. The smallest absolute Gasteiger partial charge is 0.0577 e. The zero-order valence-corrected chi connectivity index (χ0v) is 20.3. The van der Waals surface area contributed by atoms with Crippen LogP contribution in [0.15, 0.2) is 11.6 Å². The molecule has 4 rings (SSSR count). The molecule has 29 heavy (non-hydrogen) atoms. The normalized spacial score (nSPS) is 44.8. The molecule has 0 saturated heterocycles. The van der Waals surface area contributed by atoms with E-state index in [4.69, 9.17) is 0 Å². The van der Waals surface area contributed by atoms with Gasteiger partial charge in [0.05, 0.1) is 6.10 Å². The maximum Gasteiger partial charge on any atom is 0.0577 e. The molecule has 0 radical (unpaired) electrons. The number of hydrogen-bond donors (Lipinski definition) is 1. The summed E-state index contributed by atoms with van der Waals surface area (Å²) >= 11 is 0. The Hall–Kier alpha value is -0.300. The van der Waals surface area contributed by atoms with Crippen molar-refractivity contribution in [2.75, 3.05) is 0 Å². The highest BCUT2D eigenvalue weighted by Gasteiger charge is 2.60. The Labute approximate surface area is 181 Å². The van der Waals surface area contributed by atoms with Crippen molar-refractivity contribution >= 4 is 0 Å². The summed E-state index contributed by atoms with van der Waals surface area (Å²) in [7, 11) is 0. The number of fused-ring (bicyclic) bond motifs is 5. The number of allylic oxidation sites excluding steroid dienone is 1. The predicted octanol–water partition coefficient (Wildman–Crippen LogP) is 7.78. The minimum Gasteiger partial charge on any atom is -0.393 e. The first-order valence-corrected chi connectivity index (χ1v) is 13.0. The van der Waals surface area contributed by atoms with E-state index in [0.29, 0.717) is 16.2 Å². The van der Waals surface area contributed by atoms with Gasteiger partial charge < -0.3 is 5.11 Å². The maximum absolute atomic E-state index is 10.2. The van der Waals surface area contributed by atoms with Crippen LogP contribution in [0.3, 0.4) is 0 Å². The lowest BCUT2D eigenvalue weighted by Gasteiger charge is -2.59. The third kappa shape index (κ3) is 3.66. The second kappa shape index (κ2) is 7.68. The van der Waals surface area contributed by atoms with E-state index >= 15 is 0 Å². The molecule has 7 unspecified atom stereocenters. The van der Waals surface area contributed by atoms with Gasteiger partial charge in [-0.1, -0.05) is 66.0 Å². The molecule has 4 aliphatic carbocycles. The Bertz CT molecular complexity index is 630. The minimum atomic E-state index is -0.0813. The van der Waals surface area contributed by atoms with Crippen LogP contribution in [-0.4, -0.2) is 11.2 Å². The van der Waals surface area contributed by atoms with Crippen molar-refractivity contribution < 1.29 is 5.11 Å². The van der Waals surface area contributed by atoms with Crippen LogP contribution in [0.25, 0.3) is 0 Å². The third-order valence-corrected chi connectivity index (χ3v) is 10.6. The minimum absolute atomic E-state index is 0.0813. The van der Waals surface area contributed by atoms with Gasteiger partial charge in [-0.15, -0.1) is 0 Å². The van der Waals surface area contributed by atoms with E-state index in [1.807, 2.05) is 0 Å². The molecule has 166 valence electrons. The van der Waals surface area contributed by atoms with Crippen LogP contribution in [0.1, 0.15) is 112 Å². The van der Waals surface area contributed by atoms with Gasteiger partial charge in [0, 0.05) is 0 Å². The van der Waals surface area contributed by atoms with Crippen LogP contribution < -0.4 is 0 Å². The second-order valence-electron chi connectivity index (χ2n) is 13.1. The van der Waals surface area contributed by atoms with Gasteiger partial charge in [-0.05, 0) is 104 Å². The zero-order chi connectivity index (χ0) is 21.0. The Balaban J connectivity index is 1.53. The Morgan fingerprint density at radius 2 is 1.83 bits per heavy atom. The Kier molecular flexibility index (Phi) is 5.81. The summed E-state index contributed by atoms with van der Waals surface area (Å²) in [5.74, 6) is 4.44. The van der Waals surface area contributed by atoms with Gasteiger partial charge in [-0.25, -0.2) is 0 Å². The highest BCUT2D eigenvalue weighted by Crippen LogP contribution is 2.68. The summed E-state index contributed by atoms with van der Waals surface area (Å²) < 4.78 is 0. The lowest BCUT2D eigenvalue weighted by Crippen LogP contribution is -2.51. The van der Waals surface area contributed by atoms with Crippen LogP contribution >= 0.6 is 0 Å². The summed E-state index contributed by atoms with van der Waals surface area (Å²) in [6.45, 7) is 15.2. The molecule has 0 amide bonds. The quantitative estimate of drug-likeness (QED) is 0.467. The molecule has 0 spiro atoms. The maximum atomic E-state index is 10.2. The van der Waals surface area contributed by atoms with E-state index < -0.39 is 0 Å². The van der Waals surface area contributed by atoms with E-state index in [9.17, 15) is 5.11 Å². The molecule has 0 bridgehead atoms. The van der Waals surface area contributed by atoms with Gasteiger partial charge in [0.25, 0.3) is 0 Å². The SMILES string of the molecule is CC(C)CCCC(C)(C)C1CCC2C3CC=C4CC(O)CCC4(C)C3CCC21C. The predicted molar refractivity (Wildman–Crippen MR) is 124 cm³/mol. The van der Waals surface area contributed by atoms with Crippen molar-refractivity contribution in [2.45, 2.75) is 118 Å². The van der Waals surface area contributed by atoms with Crippen LogP contribution in [0.2, 0.25) is 0 Å². The average molecular weight is 401 g/mol. The fraction of sp³-hybridized carbons (Fsp3) is 0.929. The van der Waals surface area contributed by atoms with Crippen molar-refractivity contribution in [1.29, 1.82) is 0 Å². The fourth-order valence-electron chi connectivity index (χ4n) is 9.07. The standard InChI is InChI=1S/C28H48O/c1-19(2)8-7-15-26(3,4)25-12-11-23-22-10-9-20-18-21(29)13-16-27(20,5)24(22)14-17-28(23,25)6/h9,19,21-25,29H,7-8,10-18H2,1-6H3. The number of hydrogen-bond acceptors (Lipinski definition) is 1. The molecule has 1 nitrogen and oxygen atoms in total. The van der Waals surface area contributed by atoms with Crippen molar-refractivity contribution in [3.05, 3.63) is 11.6 Å². The highest BCUT2D eigenvalue weighted by molar-refractivity contribution is 5.25. The van der Waals surface area contributed by atoms with Gasteiger partial charge >= 0.3 is 0 Å². The second-order valence-corrected chi connectivity index (χ2v) is 13.1. The van der Waals surface area contributed by atoms with Crippen molar-refractivity contribution in [1.82, 2.24) is 0 Å².